The molecule has 0 aliphatic heterocycles. The topological polar surface area (TPSA) is 95.9 Å². The average molecular weight is 1300 g/mol. The molecular weight excluding hydrogens is 1130 g/mol. The Labute approximate surface area is 577 Å². The molecule has 0 saturated carbocycles. The van der Waals surface area contributed by atoms with E-state index in [0.29, 0.717) is 25.9 Å². The number of hydrogen-bond donors (Lipinski definition) is 3. The van der Waals surface area contributed by atoms with Crippen molar-refractivity contribution in [1.29, 1.82) is 0 Å². The van der Waals surface area contributed by atoms with Gasteiger partial charge in [-0.1, -0.05) is 443 Å². The number of aliphatic hydroxyl groups is 2. The Kier molecular flexibility index (Phi) is 80.3. The molecule has 1 amide bonds. The van der Waals surface area contributed by atoms with Gasteiger partial charge in [-0.3, -0.25) is 9.59 Å². The Morgan fingerprint density at radius 2 is 0.543 bits per heavy atom. The highest BCUT2D eigenvalue weighted by molar-refractivity contribution is 5.76. The standard InChI is InChI=1S/C86H167NO5/c1-3-5-7-9-11-13-15-17-19-21-43-48-52-56-60-64-68-72-76-80-86(91)92-81-77-73-69-65-61-57-53-49-45-42-40-38-36-34-32-30-28-26-24-22-23-25-27-29-31-33-35-37-39-41-44-47-51-55-59-63-67-71-75-79-85(90)87-83(82-88)84(89)78-74-70-66-62-58-54-50-46-20-18-16-14-12-10-8-6-4-2/h22-23,26,28,83-84,88-89H,3-21,24-25,27,29-82H2,1-2H3,(H,87,90)/b23-22-,28-26-. The lowest BCUT2D eigenvalue weighted by Gasteiger charge is -2.22. The van der Waals surface area contributed by atoms with E-state index in [4.69, 9.17) is 4.74 Å². The van der Waals surface area contributed by atoms with Crippen LogP contribution in [0.5, 0.6) is 0 Å². The summed E-state index contributed by atoms with van der Waals surface area (Å²) in [6.07, 6.45) is 106. The van der Waals surface area contributed by atoms with Crippen molar-refractivity contribution < 1.29 is 24.5 Å². The highest BCUT2D eigenvalue weighted by Crippen LogP contribution is 2.21. The summed E-state index contributed by atoms with van der Waals surface area (Å²) in [6.45, 7) is 5.02. The number of esters is 1. The van der Waals surface area contributed by atoms with Crippen molar-refractivity contribution in [3.63, 3.8) is 0 Å². The molecule has 0 aromatic rings. The molecule has 0 fully saturated rings. The maximum absolute atomic E-state index is 12.5. The monoisotopic (exact) mass is 1290 g/mol. The zero-order valence-corrected chi connectivity index (χ0v) is 62.8. The SMILES string of the molecule is CCCCCCCCCCCCCCCCCCCCCC(=O)OCCCCCCCCCCCCCCCCC/C=C\C/C=C\CCCCCCCCCCCCCCCCCCCC(=O)NC(CO)C(O)CCCCCCCCCCCCCCCCCCC. The predicted octanol–water partition coefficient (Wildman–Crippen LogP) is 28.4. The van der Waals surface area contributed by atoms with E-state index in [1.54, 1.807) is 0 Å². The third kappa shape index (κ3) is 77.3. The van der Waals surface area contributed by atoms with Crippen molar-refractivity contribution >= 4 is 11.9 Å². The van der Waals surface area contributed by atoms with Crippen LogP contribution in [-0.4, -0.2) is 47.4 Å². The largest absolute Gasteiger partial charge is 0.466 e. The zero-order valence-electron chi connectivity index (χ0n) is 62.8. The second-order valence-electron chi connectivity index (χ2n) is 29.5. The molecule has 6 heteroatoms. The van der Waals surface area contributed by atoms with Crippen molar-refractivity contribution in [2.45, 2.75) is 501 Å². The molecule has 0 spiro atoms. The Bertz CT molecular complexity index is 1450. The van der Waals surface area contributed by atoms with E-state index in [-0.39, 0.29) is 18.5 Å². The smallest absolute Gasteiger partial charge is 0.305 e. The lowest BCUT2D eigenvalue weighted by atomic mass is 10.0. The van der Waals surface area contributed by atoms with E-state index in [1.807, 2.05) is 0 Å². The highest BCUT2D eigenvalue weighted by Gasteiger charge is 2.20. The van der Waals surface area contributed by atoms with Gasteiger partial charge in [-0.05, 0) is 57.8 Å². The second kappa shape index (κ2) is 81.8. The molecular formula is C86H167NO5. The summed E-state index contributed by atoms with van der Waals surface area (Å²) in [7, 11) is 0. The summed E-state index contributed by atoms with van der Waals surface area (Å²) in [6, 6.07) is -0.539. The number of rotatable bonds is 81. The fourth-order valence-corrected chi connectivity index (χ4v) is 13.8. The molecule has 3 N–H and O–H groups in total. The molecule has 0 aromatic heterocycles. The molecule has 0 radical (unpaired) electrons. The normalized spacial score (nSPS) is 12.5. The fraction of sp³-hybridized carbons (Fsp3) is 0.930. The van der Waals surface area contributed by atoms with Crippen LogP contribution < -0.4 is 5.32 Å². The van der Waals surface area contributed by atoms with Gasteiger partial charge in [0.2, 0.25) is 5.91 Å². The summed E-state index contributed by atoms with van der Waals surface area (Å²) in [4.78, 5) is 24.7. The van der Waals surface area contributed by atoms with Crippen LogP contribution in [0.4, 0.5) is 0 Å². The molecule has 0 bridgehead atoms. The van der Waals surface area contributed by atoms with Crippen LogP contribution in [0.3, 0.4) is 0 Å². The van der Waals surface area contributed by atoms with E-state index in [0.717, 1.165) is 44.9 Å². The van der Waals surface area contributed by atoms with Crippen LogP contribution in [0.25, 0.3) is 0 Å². The van der Waals surface area contributed by atoms with Gasteiger partial charge in [-0.2, -0.15) is 0 Å². The maximum Gasteiger partial charge on any atom is 0.305 e. The van der Waals surface area contributed by atoms with Crippen LogP contribution in [0.1, 0.15) is 489 Å². The number of hydrogen-bond acceptors (Lipinski definition) is 5. The van der Waals surface area contributed by atoms with Gasteiger partial charge >= 0.3 is 5.97 Å². The van der Waals surface area contributed by atoms with Crippen LogP contribution in [0.2, 0.25) is 0 Å². The van der Waals surface area contributed by atoms with Crippen molar-refractivity contribution in [2.75, 3.05) is 13.2 Å². The van der Waals surface area contributed by atoms with Crippen LogP contribution in [0, 0.1) is 0 Å². The quantitative estimate of drug-likeness (QED) is 0.0320. The zero-order chi connectivity index (χ0) is 66.3. The number of amides is 1. The molecule has 546 valence electrons. The van der Waals surface area contributed by atoms with Crippen molar-refractivity contribution in [3.8, 4) is 0 Å². The second-order valence-corrected chi connectivity index (χ2v) is 29.5. The van der Waals surface area contributed by atoms with Gasteiger partial charge in [0.05, 0.1) is 25.4 Å². The Morgan fingerprint density at radius 1 is 0.304 bits per heavy atom. The molecule has 0 aliphatic carbocycles. The van der Waals surface area contributed by atoms with Gasteiger partial charge in [0.25, 0.3) is 0 Å². The third-order valence-electron chi connectivity index (χ3n) is 20.3. The number of unbranched alkanes of at least 4 members (excludes halogenated alkanes) is 66. The third-order valence-corrected chi connectivity index (χ3v) is 20.3. The van der Waals surface area contributed by atoms with E-state index >= 15 is 0 Å². The first-order valence-electron chi connectivity index (χ1n) is 42.6. The van der Waals surface area contributed by atoms with E-state index in [2.05, 4.69) is 43.5 Å². The molecule has 92 heavy (non-hydrogen) atoms. The first-order chi connectivity index (χ1) is 45.5. The molecule has 0 rings (SSSR count). The lowest BCUT2D eigenvalue weighted by Crippen LogP contribution is -2.45. The molecule has 0 aromatic carbocycles. The summed E-state index contributed by atoms with van der Waals surface area (Å²) in [5, 5.41) is 23.4. The van der Waals surface area contributed by atoms with Crippen LogP contribution in [-0.2, 0) is 14.3 Å². The van der Waals surface area contributed by atoms with Gasteiger partial charge in [-0.15, -0.1) is 0 Å². The maximum atomic E-state index is 12.5. The molecule has 2 unspecified atom stereocenters. The molecule has 6 nitrogen and oxygen atoms in total. The minimum Gasteiger partial charge on any atom is -0.466 e. The number of ether oxygens (including phenoxy) is 1. The van der Waals surface area contributed by atoms with Crippen LogP contribution in [0.15, 0.2) is 24.3 Å². The lowest BCUT2D eigenvalue weighted by molar-refractivity contribution is -0.143. The van der Waals surface area contributed by atoms with Gasteiger partial charge in [0, 0.05) is 12.8 Å². The molecule has 0 saturated heterocycles. The predicted molar refractivity (Wildman–Crippen MR) is 407 cm³/mol. The number of carbonyl (C=O) groups excluding carboxylic acids is 2. The first-order valence-corrected chi connectivity index (χ1v) is 42.6. The summed E-state index contributed by atoms with van der Waals surface area (Å²) in [5.74, 6) is -0.00103. The Hall–Kier alpha value is -1.66. The van der Waals surface area contributed by atoms with Crippen molar-refractivity contribution in [3.05, 3.63) is 24.3 Å². The number of allylic oxidation sites excluding steroid dienone is 4. The average Bonchev–Trinajstić information content (AvgIpc) is 3.60. The van der Waals surface area contributed by atoms with Gasteiger partial charge in [0.1, 0.15) is 0 Å². The Morgan fingerprint density at radius 3 is 0.826 bits per heavy atom. The van der Waals surface area contributed by atoms with E-state index in [1.165, 1.54) is 411 Å². The van der Waals surface area contributed by atoms with Crippen molar-refractivity contribution in [1.82, 2.24) is 5.32 Å². The van der Waals surface area contributed by atoms with Crippen molar-refractivity contribution in [2.24, 2.45) is 0 Å². The van der Waals surface area contributed by atoms with Crippen LogP contribution >= 0.6 is 0 Å². The number of nitrogens with one attached hydrogen (secondary N) is 1. The van der Waals surface area contributed by atoms with Gasteiger partial charge < -0.3 is 20.3 Å². The Balaban J connectivity index is 3.33. The van der Waals surface area contributed by atoms with E-state index in [9.17, 15) is 19.8 Å². The minimum atomic E-state index is -0.662. The summed E-state index contributed by atoms with van der Waals surface area (Å²) >= 11 is 0. The summed E-state index contributed by atoms with van der Waals surface area (Å²) < 4.78 is 5.52. The number of aliphatic hydroxyl groups excluding tert-OH is 2. The highest BCUT2D eigenvalue weighted by atomic mass is 16.5. The van der Waals surface area contributed by atoms with E-state index < -0.39 is 12.1 Å². The molecule has 2 atom stereocenters. The van der Waals surface area contributed by atoms with Gasteiger partial charge in [0.15, 0.2) is 0 Å². The fourth-order valence-electron chi connectivity index (χ4n) is 13.8. The minimum absolute atomic E-state index is 0.0263. The molecule has 0 aliphatic rings. The van der Waals surface area contributed by atoms with Gasteiger partial charge in [-0.25, -0.2) is 0 Å². The molecule has 0 heterocycles. The number of carbonyl (C=O) groups is 2. The first kappa shape index (κ1) is 90.3. The summed E-state index contributed by atoms with van der Waals surface area (Å²) in [5.41, 5.74) is 0.